The van der Waals surface area contributed by atoms with Crippen LogP contribution < -0.4 is 21.3 Å². The predicted octanol–water partition coefficient (Wildman–Crippen LogP) is 8.57. The number of nitrogens with one attached hydrogen (secondary N) is 4. The highest BCUT2D eigenvalue weighted by Crippen LogP contribution is 2.49. The second kappa shape index (κ2) is 13.5. The molecule has 0 bridgehead atoms. The summed E-state index contributed by atoms with van der Waals surface area (Å²) in [6, 6.07) is 0.449. The third kappa shape index (κ3) is 6.34. The zero-order chi connectivity index (χ0) is 31.9. The van der Waals surface area contributed by atoms with Crippen molar-refractivity contribution in [3.05, 3.63) is 118 Å². The molecule has 6 aliphatic carbocycles. The second-order valence-corrected chi connectivity index (χ2v) is 15.7. The lowest BCUT2D eigenvalue weighted by Gasteiger charge is -2.46. The molecule has 8 aliphatic rings. The fourth-order valence-corrected chi connectivity index (χ4v) is 10.1. The topological polar surface area (TPSA) is 48.1 Å². The Morgan fingerprint density at radius 2 is 1.70 bits per heavy atom. The molecule has 248 valence electrons. The normalized spacial score (nSPS) is 39.9. The largest absolute Gasteiger partial charge is 0.385 e. The molecule has 0 radical (unpaired) electrons. The Morgan fingerprint density at radius 1 is 0.809 bits per heavy atom. The fraction of sp³-hybridized carbons (Fsp3) is 0.535. The number of hydrogen-bond donors (Lipinski definition) is 4. The molecular weight excluding hydrogens is 573 g/mol. The monoisotopic (exact) mass is 628 g/mol. The van der Waals surface area contributed by atoms with Gasteiger partial charge in [-0.25, -0.2) is 0 Å². The molecule has 0 aromatic heterocycles. The molecule has 4 nitrogen and oxygen atoms in total. The summed E-state index contributed by atoms with van der Waals surface area (Å²) >= 11 is 0. The highest BCUT2D eigenvalue weighted by molar-refractivity contribution is 5.56. The quantitative estimate of drug-likeness (QED) is 0.231. The van der Waals surface area contributed by atoms with E-state index >= 15 is 0 Å². The highest BCUT2D eigenvalue weighted by Gasteiger charge is 2.41. The van der Waals surface area contributed by atoms with Crippen LogP contribution in [-0.2, 0) is 0 Å². The highest BCUT2D eigenvalue weighted by atomic mass is 15.4. The van der Waals surface area contributed by atoms with Crippen LogP contribution in [0, 0.1) is 35.5 Å². The molecule has 2 aliphatic heterocycles. The SMILES string of the molecule is CC1=CC(C)CC(C2CC=C(C3NC(C4=CC=CCC4C)NC(C4C=CCCC4)N3)C=C2C2=CC3=C(CCC=C3)[C@@H]3CCC=CC23)N1. The van der Waals surface area contributed by atoms with Crippen molar-refractivity contribution >= 4 is 0 Å². The van der Waals surface area contributed by atoms with Gasteiger partial charge in [0.2, 0.25) is 0 Å². The smallest absolute Gasteiger partial charge is 0.0859 e. The first-order valence-electron chi connectivity index (χ1n) is 19.0. The number of allylic oxidation sites excluding steroid dienone is 15. The Bertz CT molecular complexity index is 1540. The predicted molar refractivity (Wildman–Crippen MR) is 196 cm³/mol. The summed E-state index contributed by atoms with van der Waals surface area (Å²) in [4.78, 5) is 0. The van der Waals surface area contributed by atoms with Crippen molar-refractivity contribution in [2.45, 2.75) is 110 Å². The van der Waals surface area contributed by atoms with E-state index in [-0.39, 0.29) is 18.5 Å². The van der Waals surface area contributed by atoms with Crippen molar-refractivity contribution < 1.29 is 0 Å². The molecule has 0 aromatic rings. The zero-order valence-corrected chi connectivity index (χ0v) is 28.9. The van der Waals surface area contributed by atoms with Gasteiger partial charge in [-0.3, -0.25) is 16.0 Å². The van der Waals surface area contributed by atoms with E-state index < -0.39 is 0 Å². The molecular formula is C43H56N4. The van der Waals surface area contributed by atoms with Crippen LogP contribution in [0.5, 0.6) is 0 Å². The minimum Gasteiger partial charge on any atom is -0.385 e. The van der Waals surface area contributed by atoms with E-state index in [1.54, 1.807) is 16.7 Å². The lowest BCUT2D eigenvalue weighted by Crippen LogP contribution is -2.70. The van der Waals surface area contributed by atoms with Crippen LogP contribution in [0.3, 0.4) is 0 Å². The summed E-state index contributed by atoms with van der Waals surface area (Å²) in [5.41, 5.74) is 10.6. The maximum Gasteiger partial charge on any atom is 0.0859 e. The number of rotatable bonds is 5. The maximum atomic E-state index is 4.10. The van der Waals surface area contributed by atoms with E-state index in [1.165, 1.54) is 73.8 Å². The standard InChI is InChI=1S/C43H56N4/c1-27-23-29(3)44-40(24-27)37-22-21-32(26-39(37)38-25-31-16-8-10-18-34(31)35-19-11-12-20-36(35)38)42-45-41(30-14-5-4-6-15-30)46-43(47-42)33-17-9-7-13-28(33)2/h5,7-9,12,14,16-17,20-21,23,25-28,30,35-37,40-47H,4,6,10-11,13,15,18-19,22,24H2,1-3H3/t27?,28?,30?,35-,36?,37?,40?,41?,42?,43?/m0/s1. The molecule has 10 atom stereocenters. The second-order valence-electron chi connectivity index (χ2n) is 15.7. The molecule has 0 saturated carbocycles. The first-order chi connectivity index (χ1) is 23.0. The molecule has 0 spiro atoms. The summed E-state index contributed by atoms with van der Waals surface area (Å²) in [5.74, 6) is 3.23. The van der Waals surface area contributed by atoms with Gasteiger partial charge in [0.05, 0.1) is 18.5 Å². The van der Waals surface area contributed by atoms with Crippen LogP contribution >= 0.6 is 0 Å². The Labute approximate surface area is 283 Å². The molecule has 8 rings (SSSR count). The van der Waals surface area contributed by atoms with E-state index in [4.69, 9.17) is 0 Å². The molecule has 0 aromatic carbocycles. The molecule has 0 amide bonds. The van der Waals surface area contributed by atoms with E-state index in [2.05, 4.69) is 121 Å². The van der Waals surface area contributed by atoms with Crippen molar-refractivity contribution in [2.24, 2.45) is 35.5 Å². The minimum atomic E-state index is 0.0997. The van der Waals surface area contributed by atoms with Crippen molar-refractivity contribution in [1.82, 2.24) is 21.3 Å². The maximum absolute atomic E-state index is 4.10. The van der Waals surface area contributed by atoms with E-state index in [1.807, 2.05) is 0 Å². The lowest BCUT2D eigenvalue weighted by molar-refractivity contribution is 0.189. The van der Waals surface area contributed by atoms with Gasteiger partial charge < -0.3 is 5.32 Å². The fourth-order valence-electron chi connectivity index (χ4n) is 10.1. The lowest BCUT2D eigenvalue weighted by atomic mass is 9.63. The van der Waals surface area contributed by atoms with Gasteiger partial charge in [-0.15, -0.1) is 0 Å². The average Bonchev–Trinajstić information content (AvgIpc) is 3.11. The third-order valence-corrected chi connectivity index (χ3v) is 12.4. The van der Waals surface area contributed by atoms with Crippen molar-refractivity contribution in [1.29, 1.82) is 0 Å². The van der Waals surface area contributed by atoms with Crippen LogP contribution in [0.15, 0.2) is 118 Å². The van der Waals surface area contributed by atoms with Crippen LogP contribution in [-0.4, -0.2) is 24.5 Å². The van der Waals surface area contributed by atoms with E-state index in [0.717, 1.165) is 12.8 Å². The van der Waals surface area contributed by atoms with Crippen LogP contribution in [0.1, 0.15) is 85.0 Å². The third-order valence-electron chi connectivity index (χ3n) is 12.4. The number of hydrogen-bond acceptors (Lipinski definition) is 4. The summed E-state index contributed by atoms with van der Waals surface area (Å²) < 4.78 is 0. The van der Waals surface area contributed by atoms with Gasteiger partial charge in [-0.1, -0.05) is 98.4 Å². The number of fused-ring (bicyclic) bond motifs is 2. The Hall–Kier alpha value is -2.92. The van der Waals surface area contributed by atoms with Crippen LogP contribution in [0.25, 0.3) is 0 Å². The van der Waals surface area contributed by atoms with E-state index in [9.17, 15) is 0 Å². The first kappa shape index (κ1) is 31.4. The van der Waals surface area contributed by atoms with Gasteiger partial charge >= 0.3 is 0 Å². The summed E-state index contributed by atoms with van der Waals surface area (Å²) in [6.07, 6.45) is 44.5. The van der Waals surface area contributed by atoms with Crippen molar-refractivity contribution in [3.63, 3.8) is 0 Å². The van der Waals surface area contributed by atoms with Gasteiger partial charge in [-0.2, -0.15) is 0 Å². The first-order valence-corrected chi connectivity index (χ1v) is 19.0. The van der Waals surface area contributed by atoms with Crippen molar-refractivity contribution in [3.8, 4) is 0 Å². The van der Waals surface area contributed by atoms with Crippen LogP contribution in [0.4, 0.5) is 0 Å². The average molecular weight is 629 g/mol. The van der Waals surface area contributed by atoms with Crippen LogP contribution in [0.2, 0.25) is 0 Å². The van der Waals surface area contributed by atoms with Gasteiger partial charge in [0.25, 0.3) is 0 Å². The van der Waals surface area contributed by atoms with Gasteiger partial charge in [-0.05, 0) is 117 Å². The summed E-state index contributed by atoms with van der Waals surface area (Å²) in [6.45, 7) is 7.04. The Balaban J connectivity index is 1.18. The molecule has 4 N–H and O–H groups in total. The molecule has 1 fully saturated rings. The summed E-state index contributed by atoms with van der Waals surface area (Å²) in [5, 5.41) is 16.2. The molecule has 4 heteroatoms. The zero-order valence-electron chi connectivity index (χ0n) is 28.9. The minimum absolute atomic E-state index is 0.0997. The van der Waals surface area contributed by atoms with E-state index in [0.29, 0.717) is 41.5 Å². The molecule has 1 saturated heterocycles. The van der Waals surface area contributed by atoms with Gasteiger partial charge in [0.1, 0.15) is 0 Å². The van der Waals surface area contributed by atoms with Crippen molar-refractivity contribution in [2.75, 3.05) is 0 Å². The van der Waals surface area contributed by atoms with Gasteiger partial charge in [0.15, 0.2) is 0 Å². The molecule has 2 heterocycles. The summed E-state index contributed by atoms with van der Waals surface area (Å²) in [7, 11) is 0. The van der Waals surface area contributed by atoms with Gasteiger partial charge in [0, 0.05) is 29.5 Å². The molecule has 9 unspecified atom stereocenters. The Kier molecular flexibility index (Phi) is 9.03. The Morgan fingerprint density at radius 3 is 2.55 bits per heavy atom. The molecule has 47 heavy (non-hydrogen) atoms.